The van der Waals surface area contributed by atoms with E-state index in [-0.39, 0.29) is 6.10 Å². The van der Waals surface area contributed by atoms with E-state index in [0.717, 1.165) is 45.2 Å². The average molecular weight is 284 g/mol. The fourth-order valence-electron chi connectivity index (χ4n) is 3.33. The van der Waals surface area contributed by atoms with Crippen LogP contribution in [0.3, 0.4) is 0 Å². The minimum Gasteiger partial charge on any atom is -0.390 e. The standard InChI is InChI=1S/C16H32N2O2/c1-14-6-8-18(9-7-14)12-15(19)11-17(2)13-16-5-3-4-10-20-16/h14-16,19H,3-13H2,1-2H3. The lowest BCUT2D eigenvalue weighted by molar-refractivity contribution is -0.0108. The molecule has 0 radical (unpaired) electrons. The van der Waals surface area contributed by atoms with E-state index < -0.39 is 0 Å². The van der Waals surface area contributed by atoms with Gasteiger partial charge in [0.1, 0.15) is 0 Å². The molecule has 0 aromatic carbocycles. The van der Waals surface area contributed by atoms with E-state index in [0.29, 0.717) is 6.10 Å². The van der Waals surface area contributed by atoms with Crippen LogP contribution < -0.4 is 0 Å². The van der Waals surface area contributed by atoms with Gasteiger partial charge in [-0.25, -0.2) is 0 Å². The highest BCUT2D eigenvalue weighted by Gasteiger charge is 2.21. The quantitative estimate of drug-likeness (QED) is 0.803. The van der Waals surface area contributed by atoms with Gasteiger partial charge in [-0.3, -0.25) is 0 Å². The maximum atomic E-state index is 10.2. The average Bonchev–Trinajstić information content (AvgIpc) is 2.42. The second-order valence-electron chi connectivity index (χ2n) is 6.85. The number of ether oxygens (including phenoxy) is 1. The van der Waals surface area contributed by atoms with Crippen LogP contribution in [-0.2, 0) is 4.74 Å². The van der Waals surface area contributed by atoms with Gasteiger partial charge in [0.05, 0.1) is 12.2 Å². The van der Waals surface area contributed by atoms with Crippen LogP contribution in [0.25, 0.3) is 0 Å². The van der Waals surface area contributed by atoms with E-state index in [1.54, 1.807) is 0 Å². The van der Waals surface area contributed by atoms with Gasteiger partial charge in [-0.2, -0.15) is 0 Å². The topological polar surface area (TPSA) is 35.9 Å². The summed E-state index contributed by atoms with van der Waals surface area (Å²) >= 11 is 0. The summed E-state index contributed by atoms with van der Waals surface area (Å²) in [6.07, 6.45) is 6.35. The largest absolute Gasteiger partial charge is 0.390 e. The van der Waals surface area contributed by atoms with Gasteiger partial charge in [-0.05, 0) is 58.2 Å². The number of likely N-dealkylation sites (N-methyl/N-ethyl adjacent to an activating group) is 1. The second-order valence-corrected chi connectivity index (χ2v) is 6.85. The van der Waals surface area contributed by atoms with E-state index in [1.807, 2.05) is 0 Å². The van der Waals surface area contributed by atoms with Crippen molar-refractivity contribution < 1.29 is 9.84 Å². The fraction of sp³-hybridized carbons (Fsp3) is 1.00. The lowest BCUT2D eigenvalue weighted by Crippen LogP contribution is -2.44. The SMILES string of the molecule is CC1CCN(CC(O)CN(C)CC2CCCCO2)CC1. The first-order valence-corrected chi connectivity index (χ1v) is 8.34. The van der Waals surface area contributed by atoms with Crippen molar-refractivity contribution in [1.29, 1.82) is 0 Å². The van der Waals surface area contributed by atoms with Crippen LogP contribution in [-0.4, -0.2) is 73.5 Å². The first-order valence-electron chi connectivity index (χ1n) is 8.34. The Hall–Kier alpha value is -0.160. The van der Waals surface area contributed by atoms with Crippen molar-refractivity contribution in [2.45, 2.75) is 51.2 Å². The molecule has 4 heteroatoms. The molecule has 20 heavy (non-hydrogen) atoms. The monoisotopic (exact) mass is 284 g/mol. The van der Waals surface area contributed by atoms with Crippen LogP contribution in [0.15, 0.2) is 0 Å². The van der Waals surface area contributed by atoms with Gasteiger partial charge in [0.25, 0.3) is 0 Å². The van der Waals surface area contributed by atoms with E-state index in [4.69, 9.17) is 4.74 Å². The molecule has 2 heterocycles. The maximum Gasteiger partial charge on any atom is 0.0793 e. The molecule has 0 saturated carbocycles. The molecule has 2 atom stereocenters. The molecular formula is C16H32N2O2. The third-order valence-corrected chi connectivity index (χ3v) is 4.66. The molecule has 2 saturated heterocycles. The lowest BCUT2D eigenvalue weighted by Gasteiger charge is -2.33. The second kappa shape index (κ2) is 8.32. The predicted molar refractivity (Wildman–Crippen MR) is 81.9 cm³/mol. The number of likely N-dealkylation sites (tertiary alicyclic amines) is 1. The summed E-state index contributed by atoms with van der Waals surface area (Å²) in [6.45, 7) is 8.06. The highest BCUT2D eigenvalue weighted by atomic mass is 16.5. The maximum absolute atomic E-state index is 10.2. The number of aliphatic hydroxyl groups excluding tert-OH is 1. The molecule has 2 rings (SSSR count). The van der Waals surface area contributed by atoms with Crippen LogP contribution in [0, 0.1) is 5.92 Å². The minimum absolute atomic E-state index is 0.239. The zero-order chi connectivity index (χ0) is 14.4. The first kappa shape index (κ1) is 16.2. The van der Waals surface area contributed by atoms with Crippen LogP contribution >= 0.6 is 0 Å². The summed E-state index contributed by atoms with van der Waals surface area (Å²) in [5, 5.41) is 10.2. The molecule has 2 fully saturated rings. The van der Waals surface area contributed by atoms with Gasteiger partial charge >= 0.3 is 0 Å². The third-order valence-electron chi connectivity index (χ3n) is 4.66. The van der Waals surface area contributed by atoms with Crippen LogP contribution in [0.4, 0.5) is 0 Å². The molecule has 0 amide bonds. The Morgan fingerprint density at radius 3 is 2.65 bits per heavy atom. The Balaban J connectivity index is 1.61. The van der Waals surface area contributed by atoms with Crippen molar-refractivity contribution in [1.82, 2.24) is 9.80 Å². The molecule has 0 aromatic rings. The number of piperidine rings is 1. The van der Waals surface area contributed by atoms with E-state index in [1.165, 1.54) is 32.1 Å². The van der Waals surface area contributed by atoms with Crippen molar-refractivity contribution >= 4 is 0 Å². The van der Waals surface area contributed by atoms with Gasteiger partial charge in [-0.1, -0.05) is 6.92 Å². The summed E-state index contributed by atoms with van der Waals surface area (Å²) in [5.74, 6) is 0.856. The number of rotatable bonds is 6. The zero-order valence-corrected chi connectivity index (χ0v) is 13.3. The Morgan fingerprint density at radius 1 is 1.25 bits per heavy atom. The van der Waals surface area contributed by atoms with Gasteiger partial charge in [0.2, 0.25) is 0 Å². The Labute approximate surface area is 124 Å². The van der Waals surface area contributed by atoms with Crippen LogP contribution in [0.5, 0.6) is 0 Å². The summed E-state index contributed by atoms with van der Waals surface area (Å²) < 4.78 is 5.76. The Morgan fingerprint density at radius 2 is 2.00 bits per heavy atom. The van der Waals surface area contributed by atoms with E-state index >= 15 is 0 Å². The number of nitrogens with zero attached hydrogens (tertiary/aromatic N) is 2. The number of hydrogen-bond acceptors (Lipinski definition) is 4. The third kappa shape index (κ3) is 5.68. The molecule has 2 unspecified atom stereocenters. The zero-order valence-electron chi connectivity index (χ0n) is 13.3. The van der Waals surface area contributed by atoms with Crippen molar-refractivity contribution in [3.63, 3.8) is 0 Å². The van der Waals surface area contributed by atoms with Crippen molar-refractivity contribution in [3.8, 4) is 0 Å². The lowest BCUT2D eigenvalue weighted by atomic mass is 9.99. The highest BCUT2D eigenvalue weighted by molar-refractivity contribution is 4.75. The molecule has 0 bridgehead atoms. The molecule has 0 aromatic heterocycles. The molecule has 1 N–H and O–H groups in total. The molecule has 0 aliphatic carbocycles. The molecule has 4 nitrogen and oxygen atoms in total. The fourth-order valence-corrected chi connectivity index (χ4v) is 3.33. The molecule has 2 aliphatic rings. The summed E-state index contributed by atoms with van der Waals surface area (Å²) in [4.78, 5) is 4.64. The van der Waals surface area contributed by atoms with Crippen molar-refractivity contribution in [2.24, 2.45) is 5.92 Å². The molecule has 0 spiro atoms. The molecular weight excluding hydrogens is 252 g/mol. The van der Waals surface area contributed by atoms with E-state index in [9.17, 15) is 5.11 Å². The number of aliphatic hydroxyl groups is 1. The molecule has 2 aliphatic heterocycles. The number of β-amino-alcohol motifs (C(OH)–C–C–N with tert-alkyl or cyclic N) is 1. The van der Waals surface area contributed by atoms with Crippen molar-refractivity contribution in [2.75, 3.05) is 46.4 Å². The van der Waals surface area contributed by atoms with E-state index in [2.05, 4.69) is 23.8 Å². The Kier molecular flexibility index (Phi) is 6.75. The molecule has 118 valence electrons. The number of hydrogen-bond donors (Lipinski definition) is 1. The van der Waals surface area contributed by atoms with Gasteiger partial charge in [-0.15, -0.1) is 0 Å². The summed E-state index contributed by atoms with van der Waals surface area (Å²) in [7, 11) is 2.10. The van der Waals surface area contributed by atoms with Crippen LogP contribution in [0.2, 0.25) is 0 Å². The predicted octanol–water partition coefficient (Wildman–Crippen LogP) is 1.58. The summed E-state index contributed by atoms with van der Waals surface area (Å²) in [5.41, 5.74) is 0. The van der Waals surface area contributed by atoms with Gasteiger partial charge < -0.3 is 19.6 Å². The minimum atomic E-state index is -0.239. The van der Waals surface area contributed by atoms with Crippen molar-refractivity contribution in [3.05, 3.63) is 0 Å². The summed E-state index contributed by atoms with van der Waals surface area (Å²) in [6, 6.07) is 0. The first-order chi connectivity index (χ1) is 9.63. The van der Waals surface area contributed by atoms with Gasteiger partial charge in [0.15, 0.2) is 0 Å². The smallest absolute Gasteiger partial charge is 0.0793 e. The van der Waals surface area contributed by atoms with Gasteiger partial charge in [0, 0.05) is 26.2 Å². The highest BCUT2D eigenvalue weighted by Crippen LogP contribution is 2.16. The normalized spacial score (nSPS) is 27.9. The van der Waals surface area contributed by atoms with Crippen LogP contribution in [0.1, 0.15) is 39.0 Å². The Bertz CT molecular complexity index is 261.